The van der Waals surface area contributed by atoms with E-state index in [1.165, 1.54) is 22.3 Å². The van der Waals surface area contributed by atoms with Crippen LogP contribution >= 0.6 is 0 Å². The molecule has 0 saturated carbocycles. The van der Waals surface area contributed by atoms with Crippen LogP contribution in [0.25, 0.3) is 0 Å². The molecule has 0 radical (unpaired) electrons. The van der Waals surface area contributed by atoms with Crippen LogP contribution in [0.3, 0.4) is 0 Å². The van der Waals surface area contributed by atoms with Gasteiger partial charge in [-0.1, -0.05) is 70.7 Å². The van der Waals surface area contributed by atoms with E-state index >= 15 is 0 Å². The number of aliphatic imine (C=N–C) groups is 2. The summed E-state index contributed by atoms with van der Waals surface area (Å²) in [4.78, 5) is 9.28. The van der Waals surface area contributed by atoms with Gasteiger partial charge in [0.05, 0.1) is 11.4 Å². The van der Waals surface area contributed by atoms with Crippen LogP contribution in [-0.4, -0.2) is 25.5 Å². The zero-order valence-electron chi connectivity index (χ0n) is 22.1. The van der Waals surface area contributed by atoms with E-state index in [0.29, 0.717) is 0 Å². The Bertz CT molecular complexity index is 1000. The van der Waals surface area contributed by atoms with Gasteiger partial charge in [-0.15, -0.1) is 0 Å². The SMILES string of the molecule is CN=C1C(/C(C)=C/C=C(\C)C(C)(C)C)=CC(C)=C(C(C)=C=C=C(C)C(C)(C)C)C1=NC. The predicted octanol–water partition coefficient (Wildman–Crippen LogP) is 8.02. The number of hydrogen-bond acceptors (Lipinski definition) is 2. The molecule has 0 amide bonds. The van der Waals surface area contributed by atoms with Gasteiger partial charge in [-0.25, -0.2) is 0 Å². The zero-order valence-corrected chi connectivity index (χ0v) is 22.1. The zero-order chi connectivity index (χ0) is 24.1. The second-order valence-electron chi connectivity index (χ2n) is 10.5. The maximum absolute atomic E-state index is 4.64. The number of nitrogens with zero attached hydrogens (tertiary/aromatic N) is 2. The maximum Gasteiger partial charge on any atom is 0.0913 e. The van der Waals surface area contributed by atoms with Crippen molar-refractivity contribution in [2.24, 2.45) is 20.8 Å². The first kappa shape index (κ1) is 26.6. The van der Waals surface area contributed by atoms with Crippen LogP contribution in [0.15, 0.2) is 78.7 Å². The highest BCUT2D eigenvalue weighted by molar-refractivity contribution is 6.56. The second kappa shape index (κ2) is 10.3. The molecule has 0 saturated heterocycles. The fourth-order valence-electron chi connectivity index (χ4n) is 3.04. The molecule has 1 rings (SSSR count). The molecule has 1 aliphatic carbocycles. The highest BCUT2D eigenvalue weighted by Crippen LogP contribution is 2.30. The first-order valence-corrected chi connectivity index (χ1v) is 11.1. The average Bonchev–Trinajstić information content (AvgIpc) is 2.66. The van der Waals surface area contributed by atoms with Gasteiger partial charge in [0.25, 0.3) is 0 Å². The maximum atomic E-state index is 4.64. The van der Waals surface area contributed by atoms with E-state index in [9.17, 15) is 0 Å². The van der Waals surface area contributed by atoms with Crippen molar-refractivity contribution in [2.75, 3.05) is 14.1 Å². The van der Waals surface area contributed by atoms with E-state index in [2.05, 4.69) is 116 Å². The molecule has 0 unspecified atom stereocenters. The van der Waals surface area contributed by atoms with Gasteiger partial charge in [0.1, 0.15) is 0 Å². The van der Waals surface area contributed by atoms with E-state index in [1.807, 2.05) is 14.1 Å². The molecule has 0 spiro atoms. The summed E-state index contributed by atoms with van der Waals surface area (Å²) in [6.45, 7) is 23.9. The molecule has 0 fully saturated rings. The average molecular weight is 419 g/mol. The Hall–Kier alpha value is -2.40. The minimum atomic E-state index is 0.0780. The fraction of sp³-hybridized carbons (Fsp3) is 0.517. The second-order valence-corrected chi connectivity index (χ2v) is 10.5. The van der Waals surface area contributed by atoms with E-state index in [-0.39, 0.29) is 10.8 Å². The summed E-state index contributed by atoms with van der Waals surface area (Å²) in [5.41, 5.74) is 17.0. The van der Waals surface area contributed by atoms with Crippen LogP contribution in [0.5, 0.6) is 0 Å². The van der Waals surface area contributed by atoms with Crippen LogP contribution in [0.1, 0.15) is 76.2 Å². The Morgan fingerprint density at radius 1 is 0.806 bits per heavy atom. The lowest BCUT2D eigenvalue weighted by molar-refractivity contribution is 0.504. The van der Waals surface area contributed by atoms with E-state index < -0.39 is 0 Å². The molecule has 2 heteroatoms. The smallest absolute Gasteiger partial charge is 0.0913 e. The molecule has 0 atom stereocenters. The summed E-state index contributed by atoms with van der Waals surface area (Å²) >= 11 is 0. The minimum absolute atomic E-state index is 0.0780. The summed E-state index contributed by atoms with van der Waals surface area (Å²) in [6, 6.07) is 0. The Labute approximate surface area is 191 Å². The largest absolute Gasteiger partial charge is 0.286 e. The van der Waals surface area contributed by atoms with Crippen molar-refractivity contribution in [2.45, 2.75) is 76.2 Å². The van der Waals surface area contributed by atoms with Crippen molar-refractivity contribution in [1.29, 1.82) is 0 Å². The highest BCUT2D eigenvalue weighted by Gasteiger charge is 2.25. The molecule has 2 nitrogen and oxygen atoms in total. The molecule has 0 aliphatic heterocycles. The van der Waals surface area contributed by atoms with Crippen LogP contribution in [0, 0.1) is 10.8 Å². The third kappa shape index (κ3) is 6.79. The quantitative estimate of drug-likeness (QED) is 0.252. The lowest BCUT2D eigenvalue weighted by Crippen LogP contribution is -2.25. The van der Waals surface area contributed by atoms with Gasteiger partial charge in [-0.3, -0.25) is 9.98 Å². The van der Waals surface area contributed by atoms with Crippen molar-refractivity contribution in [3.05, 3.63) is 68.7 Å². The Balaban J connectivity index is 3.71. The highest BCUT2D eigenvalue weighted by atomic mass is 14.8. The van der Waals surface area contributed by atoms with Crippen LogP contribution in [0.2, 0.25) is 0 Å². The summed E-state index contributed by atoms with van der Waals surface area (Å²) < 4.78 is 0. The van der Waals surface area contributed by atoms with Gasteiger partial charge in [0.2, 0.25) is 0 Å². The summed E-state index contributed by atoms with van der Waals surface area (Å²) in [5, 5.41) is 0. The third-order valence-corrected chi connectivity index (χ3v) is 6.05. The number of rotatable bonds is 3. The molecule has 0 aromatic carbocycles. The first-order chi connectivity index (χ1) is 14.1. The van der Waals surface area contributed by atoms with Crippen molar-refractivity contribution >= 4 is 11.4 Å². The number of hydrogen-bond donors (Lipinski definition) is 0. The summed E-state index contributed by atoms with van der Waals surface area (Å²) in [6.07, 6.45) is 6.64. The Morgan fingerprint density at radius 3 is 1.81 bits per heavy atom. The molecule has 0 heterocycles. The molecule has 0 aromatic rings. The van der Waals surface area contributed by atoms with Crippen LogP contribution in [0.4, 0.5) is 0 Å². The van der Waals surface area contributed by atoms with Crippen LogP contribution < -0.4 is 0 Å². The van der Waals surface area contributed by atoms with Gasteiger partial charge < -0.3 is 0 Å². The molecular weight excluding hydrogens is 376 g/mol. The molecule has 31 heavy (non-hydrogen) atoms. The Kier molecular flexibility index (Phi) is 8.83. The van der Waals surface area contributed by atoms with Crippen molar-refractivity contribution in [3.8, 4) is 0 Å². The molecule has 0 aromatic heterocycles. The summed E-state index contributed by atoms with van der Waals surface area (Å²) in [7, 11) is 3.68. The lowest BCUT2D eigenvalue weighted by atomic mass is 9.82. The molecule has 1 aliphatic rings. The van der Waals surface area contributed by atoms with Gasteiger partial charge >= 0.3 is 0 Å². The van der Waals surface area contributed by atoms with Crippen molar-refractivity contribution in [3.63, 3.8) is 0 Å². The predicted molar refractivity (Wildman–Crippen MR) is 139 cm³/mol. The normalized spacial score (nSPS) is 18.8. The van der Waals surface area contributed by atoms with Crippen molar-refractivity contribution < 1.29 is 0 Å². The van der Waals surface area contributed by atoms with Crippen LogP contribution in [-0.2, 0) is 0 Å². The Morgan fingerprint density at radius 2 is 1.35 bits per heavy atom. The van der Waals surface area contributed by atoms with Gasteiger partial charge in [0.15, 0.2) is 0 Å². The topological polar surface area (TPSA) is 24.7 Å². The van der Waals surface area contributed by atoms with E-state index in [1.54, 1.807) is 0 Å². The minimum Gasteiger partial charge on any atom is -0.286 e. The lowest BCUT2D eigenvalue weighted by Gasteiger charge is -2.23. The molecule has 168 valence electrons. The molecule has 0 N–H and O–H groups in total. The molecule has 0 bridgehead atoms. The van der Waals surface area contributed by atoms with Gasteiger partial charge in [0, 0.05) is 30.8 Å². The summed E-state index contributed by atoms with van der Waals surface area (Å²) in [5.74, 6) is 0. The monoisotopic (exact) mass is 418 g/mol. The fourth-order valence-corrected chi connectivity index (χ4v) is 3.04. The van der Waals surface area contributed by atoms with E-state index in [4.69, 9.17) is 0 Å². The standard InChI is InChI=1S/C29H42N2/c1-19(14-16-22(4)28(6,7)8)24-18-21(3)25(27(31-13)26(24)30-12)20(2)15-17-23(5)29(9,10)11/h14,16,18H,1-13H3/b19-14+,22-16+,23-20?,30-26?,31-27?. The van der Waals surface area contributed by atoms with Gasteiger partial charge in [-0.05, 0) is 68.2 Å². The third-order valence-electron chi connectivity index (χ3n) is 6.05. The van der Waals surface area contributed by atoms with Gasteiger partial charge in [-0.2, -0.15) is 0 Å². The molecular formula is C29H42N2. The van der Waals surface area contributed by atoms with Crippen molar-refractivity contribution in [1.82, 2.24) is 0 Å². The van der Waals surface area contributed by atoms with E-state index in [0.717, 1.165) is 28.1 Å². The number of allylic oxidation sites excluding steroid dienone is 10. The first-order valence-electron chi connectivity index (χ1n) is 11.1.